The van der Waals surface area contributed by atoms with Crippen molar-refractivity contribution in [3.05, 3.63) is 24.3 Å². The molecule has 2 unspecified atom stereocenters. The molecular weight excluding hydrogens is 242 g/mol. The van der Waals surface area contributed by atoms with Crippen LogP contribution in [0.3, 0.4) is 0 Å². The fraction of sp³-hybridized carbons (Fsp3) is 0.462. The highest BCUT2D eigenvalue weighted by atomic mass is 16.5. The van der Waals surface area contributed by atoms with Gasteiger partial charge in [-0.2, -0.15) is 5.21 Å². The standard InChI is InChI=1S/C13H17N5O/c1-9-7-12(5-6-19-9)14-11-4-2-3-10(8-11)13-15-17-18-16-13/h2-4,8-9,12,14H,5-7H2,1H3,(H,15,16,17,18). The fourth-order valence-corrected chi connectivity index (χ4v) is 2.40. The van der Waals surface area contributed by atoms with Crippen LogP contribution in [0.25, 0.3) is 11.4 Å². The van der Waals surface area contributed by atoms with Gasteiger partial charge in [0.05, 0.1) is 6.10 Å². The minimum atomic E-state index is 0.326. The van der Waals surface area contributed by atoms with E-state index < -0.39 is 0 Å². The molecule has 0 radical (unpaired) electrons. The van der Waals surface area contributed by atoms with Crippen LogP contribution < -0.4 is 5.32 Å². The van der Waals surface area contributed by atoms with Crippen molar-refractivity contribution in [2.45, 2.75) is 31.9 Å². The molecule has 19 heavy (non-hydrogen) atoms. The molecule has 0 amide bonds. The summed E-state index contributed by atoms with van der Waals surface area (Å²) in [6.45, 7) is 2.94. The number of hydrogen-bond acceptors (Lipinski definition) is 5. The molecule has 1 aromatic carbocycles. The quantitative estimate of drug-likeness (QED) is 0.879. The van der Waals surface area contributed by atoms with E-state index in [-0.39, 0.29) is 0 Å². The zero-order valence-electron chi connectivity index (χ0n) is 10.8. The zero-order valence-corrected chi connectivity index (χ0v) is 10.8. The van der Waals surface area contributed by atoms with Crippen LogP contribution in [-0.2, 0) is 4.74 Å². The number of ether oxygens (including phenoxy) is 1. The smallest absolute Gasteiger partial charge is 0.204 e. The normalized spacial score (nSPS) is 23.2. The maximum Gasteiger partial charge on any atom is 0.204 e. The summed E-state index contributed by atoms with van der Waals surface area (Å²) in [6.07, 6.45) is 2.40. The number of nitrogens with one attached hydrogen (secondary N) is 2. The lowest BCUT2D eigenvalue weighted by Gasteiger charge is -2.28. The van der Waals surface area contributed by atoms with Gasteiger partial charge in [-0.25, -0.2) is 0 Å². The van der Waals surface area contributed by atoms with Crippen molar-refractivity contribution in [1.29, 1.82) is 0 Å². The molecule has 2 atom stereocenters. The Bertz CT molecular complexity index is 528. The third kappa shape index (κ3) is 2.90. The second-order valence-electron chi connectivity index (χ2n) is 4.86. The average molecular weight is 259 g/mol. The van der Waals surface area contributed by atoms with Crippen LogP contribution in [0.4, 0.5) is 5.69 Å². The molecule has 3 rings (SSSR count). The number of hydrogen-bond donors (Lipinski definition) is 2. The number of tetrazole rings is 1. The predicted molar refractivity (Wildman–Crippen MR) is 71.7 cm³/mol. The Morgan fingerprint density at radius 2 is 2.37 bits per heavy atom. The Hall–Kier alpha value is -1.95. The molecule has 100 valence electrons. The third-order valence-electron chi connectivity index (χ3n) is 3.32. The second-order valence-corrected chi connectivity index (χ2v) is 4.86. The van der Waals surface area contributed by atoms with Crippen LogP contribution in [0.15, 0.2) is 24.3 Å². The maximum absolute atomic E-state index is 5.56. The Morgan fingerprint density at radius 1 is 1.42 bits per heavy atom. The van der Waals surface area contributed by atoms with Crippen molar-refractivity contribution in [3.63, 3.8) is 0 Å². The average Bonchev–Trinajstić information content (AvgIpc) is 2.93. The number of aromatic amines is 1. The first-order chi connectivity index (χ1) is 9.31. The molecule has 0 saturated carbocycles. The molecule has 0 aliphatic carbocycles. The van der Waals surface area contributed by atoms with Crippen molar-refractivity contribution in [3.8, 4) is 11.4 Å². The zero-order chi connectivity index (χ0) is 13.1. The van der Waals surface area contributed by atoms with Crippen molar-refractivity contribution in [2.75, 3.05) is 11.9 Å². The molecule has 0 spiro atoms. The topological polar surface area (TPSA) is 75.7 Å². The van der Waals surface area contributed by atoms with Gasteiger partial charge in [-0.05, 0) is 37.1 Å². The molecule has 2 aromatic rings. The minimum absolute atomic E-state index is 0.326. The van der Waals surface area contributed by atoms with E-state index in [1.165, 1.54) is 0 Å². The van der Waals surface area contributed by atoms with E-state index in [2.05, 4.69) is 38.9 Å². The third-order valence-corrected chi connectivity index (χ3v) is 3.32. The summed E-state index contributed by atoms with van der Waals surface area (Å²) < 4.78 is 5.56. The summed E-state index contributed by atoms with van der Waals surface area (Å²) >= 11 is 0. The summed E-state index contributed by atoms with van der Waals surface area (Å²) in [5, 5.41) is 17.6. The van der Waals surface area contributed by atoms with Gasteiger partial charge in [-0.3, -0.25) is 0 Å². The molecule has 1 saturated heterocycles. The summed E-state index contributed by atoms with van der Waals surface area (Å²) in [7, 11) is 0. The van der Waals surface area contributed by atoms with Gasteiger partial charge in [0.1, 0.15) is 0 Å². The lowest BCUT2D eigenvalue weighted by Crippen LogP contribution is -2.32. The number of aromatic nitrogens is 4. The van der Waals surface area contributed by atoms with E-state index in [9.17, 15) is 0 Å². The Kier molecular flexibility index (Phi) is 3.41. The van der Waals surface area contributed by atoms with Crippen molar-refractivity contribution < 1.29 is 4.74 Å². The second kappa shape index (κ2) is 5.36. The van der Waals surface area contributed by atoms with Crippen LogP contribution in [0, 0.1) is 0 Å². The summed E-state index contributed by atoms with van der Waals surface area (Å²) in [6, 6.07) is 8.54. The fourth-order valence-electron chi connectivity index (χ4n) is 2.40. The molecule has 1 aliphatic heterocycles. The molecule has 6 nitrogen and oxygen atoms in total. The predicted octanol–water partition coefficient (Wildman–Crippen LogP) is 1.85. The highest BCUT2D eigenvalue weighted by Gasteiger charge is 2.19. The summed E-state index contributed by atoms with van der Waals surface area (Å²) in [5.74, 6) is 0.615. The van der Waals surface area contributed by atoms with Gasteiger partial charge in [0, 0.05) is 23.9 Å². The number of anilines is 1. The Labute approximate surface area is 111 Å². The number of benzene rings is 1. The lowest BCUT2D eigenvalue weighted by molar-refractivity contribution is 0.0232. The first kappa shape index (κ1) is 12.1. The van der Waals surface area contributed by atoms with Crippen LogP contribution in [0.2, 0.25) is 0 Å². The first-order valence-electron chi connectivity index (χ1n) is 6.53. The van der Waals surface area contributed by atoms with Gasteiger partial charge >= 0.3 is 0 Å². The Morgan fingerprint density at radius 3 is 3.16 bits per heavy atom. The van der Waals surface area contributed by atoms with Crippen LogP contribution in [-0.4, -0.2) is 39.4 Å². The number of rotatable bonds is 3. The molecular formula is C13H17N5O. The van der Waals surface area contributed by atoms with Gasteiger partial charge < -0.3 is 10.1 Å². The van der Waals surface area contributed by atoms with Crippen LogP contribution >= 0.6 is 0 Å². The molecule has 1 aromatic heterocycles. The van der Waals surface area contributed by atoms with Gasteiger partial charge in [0.2, 0.25) is 5.82 Å². The highest BCUT2D eigenvalue weighted by molar-refractivity contribution is 5.61. The number of nitrogens with zero attached hydrogens (tertiary/aromatic N) is 3. The van der Waals surface area contributed by atoms with E-state index in [1.54, 1.807) is 0 Å². The summed E-state index contributed by atoms with van der Waals surface area (Å²) in [4.78, 5) is 0. The van der Waals surface area contributed by atoms with Crippen molar-refractivity contribution in [1.82, 2.24) is 20.6 Å². The van der Waals surface area contributed by atoms with Gasteiger partial charge in [0.25, 0.3) is 0 Å². The molecule has 2 heterocycles. The first-order valence-corrected chi connectivity index (χ1v) is 6.53. The molecule has 0 bridgehead atoms. The SMILES string of the molecule is CC1CC(Nc2cccc(-c3nn[nH]n3)c2)CCO1. The highest BCUT2D eigenvalue weighted by Crippen LogP contribution is 2.22. The van der Waals surface area contributed by atoms with E-state index in [0.29, 0.717) is 18.0 Å². The summed E-state index contributed by atoms with van der Waals surface area (Å²) in [5.41, 5.74) is 2.04. The largest absolute Gasteiger partial charge is 0.382 e. The van der Waals surface area contributed by atoms with E-state index in [0.717, 1.165) is 30.7 Å². The maximum atomic E-state index is 5.56. The van der Waals surface area contributed by atoms with Gasteiger partial charge in [0.15, 0.2) is 0 Å². The lowest BCUT2D eigenvalue weighted by atomic mass is 10.0. The van der Waals surface area contributed by atoms with E-state index in [4.69, 9.17) is 4.74 Å². The molecule has 2 N–H and O–H groups in total. The Balaban J connectivity index is 1.73. The van der Waals surface area contributed by atoms with Crippen molar-refractivity contribution in [2.24, 2.45) is 0 Å². The minimum Gasteiger partial charge on any atom is -0.382 e. The van der Waals surface area contributed by atoms with E-state index in [1.807, 2.05) is 18.2 Å². The molecule has 6 heteroatoms. The van der Waals surface area contributed by atoms with Crippen LogP contribution in [0.1, 0.15) is 19.8 Å². The molecule has 1 fully saturated rings. The van der Waals surface area contributed by atoms with Crippen molar-refractivity contribution >= 4 is 5.69 Å². The van der Waals surface area contributed by atoms with Crippen LogP contribution in [0.5, 0.6) is 0 Å². The van der Waals surface area contributed by atoms with E-state index >= 15 is 0 Å². The van der Waals surface area contributed by atoms with Gasteiger partial charge in [-0.15, -0.1) is 10.2 Å². The molecule has 1 aliphatic rings. The van der Waals surface area contributed by atoms with Gasteiger partial charge in [-0.1, -0.05) is 12.1 Å². The number of H-pyrrole nitrogens is 1. The monoisotopic (exact) mass is 259 g/mol.